The molecular weight excluding hydrogens is 246 g/mol. The summed E-state index contributed by atoms with van der Waals surface area (Å²) in [4.78, 5) is 2.09. The zero-order valence-electron chi connectivity index (χ0n) is 12.1. The molecular formula is C17H19N3. The van der Waals surface area contributed by atoms with Gasteiger partial charge in [0.1, 0.15) is 17.7 Å². The minimum absolute atomic E-state index is 0.325. The third-order valence-electron chi connectivity index (χ3n) is 4.05. The van der Waals surface area contributed by atoms with Crippen molar-refractivity contribution in [3.05, 3.63) is 41.0 Å². The Balaban J connectivity index is 2.06. The molecule has 0 saturated heterocycles. The van der Waals surface area contributed by atoms with Gasteiger partial charge in [-0.1, -0.05) is 12.1 Å². The second-order valence-corrected chi connectivity index (χ2v) is 5.46. The van der Waals surface area contributed by atoms with Gasteiger partial charge in [-0.25, -0.2) is 0 Å². The van der Waals surface area contributed by atoms with Crippen molar-refractivity contribution in [1.82, 2.24) is 0 Å². The molecule has 0 atom stereocenters. The molecule has 1 aliphatic carbocycles. The van der Waals surface area contributed by atoms with Crippen molar-refractivity contribution >= 4 is 5.69 Å². The predicted molar refractivity (Wildman–Crippen MR) is 80.2 cm³/mol. The van der Waals surface area contributed by atoms with Crippen LogP contribution in [-0.2, 0) is 0 Å². The van der Waals surface area contributed by atoms with E-state index in [1.165, 1.54) is 11.3 Å². The molecule has 1 aromatic carbocycles. The largest absolute Gasteiger partial charge is 0.378 e. The fourth-order valence-corrected chi connectivity index (χ4v) is 2.78. The van der Waals surface area contributed by atoms with Crippen LogP contribution in [0.4, 0.5) is 5.69 Å². The minimum Gasteiger partial charge on any atom is -0.378 e. The third kappa shape index (κ3) is 3.00. The van der Waals surface area contributed by atoms with E-state index in [9.17, 15) is 0 Å². The molecule has 1 aromatic rings. The average Bonchev–Trinajstić information content (AvgIpc) is 2.49. The second-order valence-electron chi connectivity index (χ2n) is 5.46. The normalized spacial score (nSPS) is 18.0. The Kier molecular flexibility index (Phi) is 4.43. The summed E-state index contributed by atoms with van der Waals surface area (Å²) in [7, 11) is 4.08. The van der Waals surface area contributed by atoms with Gasteiger partial charge in [-0.3, -0.25) is 0 Å². The lowest BCUT2D eigenvalue weighted by molar-refractivity contribution is 0.515. The van der Waals surface area contributed by atoms with Crippen molar-refractivity contribution in [1.29, 1.82) is 10.5 Å². The van der Waals surface area contributed by atoms with Crippen LogP contribution in [0.1, 0.15) is 37.2 Å². The molecule has 0 amide bonds. The lowest BCUT2D eigenvalue weighted by atomic mass is 9.80. The summed E-state index contributed by atoms with van der Waals surface area (Å²) in [5.41, 5.74) is 3.94. The molecule has 3 nitrogen and oxygen atoms in total. The summed E-state index contributed by atoms with van der Waals surface area (Å²) in [6.07, 6.45) is 3.81. The van der Waals surface area contributed by atoms with Gasteiger partial charge < -0.3 is 4.90 Å². The van der Waals surface area contributed by atoms with Gasteiger partial charge in [0.05, 0.1) is 0 Å². The molecule has 0 aliphatic heterocycles. The molecule has 1 aliphatic rings. The van der Waals surface area contributed by atoms with E-state index in [1.54, 1.807) is 0 Å². The molecule has 1 fully saturated rings. The molecule has 0 radical (unpaired) electrons. The Morgan fingerprint density at radius 3 is 2.05 bits per heavy atom. The van der Waals surface area contributed by atoms with Crippen LogP contribution >= 0.6 is 0 Å². The average molecular weight is 265 g/mol. The first-order chi connectivity index (χ1) is 9.65. The Morgan fingerprint density at radius 2 is 1.60 bits per heavy atom. The Bertz CT molecular complexity index is 556. The van der Waals surface area contributed by atoms with Crippen molar-refractivity contribution in [3.63, 3.8) is 0 Å². The summed E-state index contributed by atoms with van der Waals surface area (Å²) in [5, 5.41) is 17.8. The van der Waals surface area contributed by atoms with Crippen LogP contribution in [0.3, 0.4) is 0 Å². The van der Waals surface area contributed by atoms with E-state index in [1.807, 2.05) is 26.2 Å². The first-order valence-electron chi connectivity index (χ1n) is 6.95. The summed E-state index contributed by atoms with van der Waals surface area (Å²) >= 11 is 0. The highest BCUT2D eigenvalue weighted by atomic mass is 15.1. The quantitative estimate of drug-likeness (QED) is 0.765. The zero-order chi connectivity index (χ0) is 14.5. The lowest BCUT2D eigenvalue weighted by Crippen LogP contribution is -2.10. The topological polar surface area (TPSA) is 50.8 Å². The first-order valence-corrected chi connectivity index (χ1v) is 6.95. The van der Waals surface area contributed by atoms with Gasteiger partial charge in [0.25, 0.3) is 0 Å². The van der Waals surface area contributed by atoms with Crippen LogP contribution in [0.15, 0.2) is 35.4 Å². The van der Waals surface area contributed by atoms with Gasteiger partial charge in [-0.2, -0.15) is 10.5 Å². The molecule has 1 saturated carbocycles. The number of hydrogen-bond donors (Lipinski definition) is 0. The maximum absolute atomic E-state index is 8.91. The van der Waals surface area contributed by atoms with E-state index in [4.69, 9.17) is 10.5 Å². The number of nitriles is 2. The van der Waals surface area contributed by atoms with Crippen molar-refractivity contribution in [2.24, 2.45) is 0 Å². The van der Waals surface area contributed by atoms with E-state index >= 15 is 0 Å². The standard InChI is InChI=1S/C17H19N3/c1-20(2)17-9-7-14(8-10-17)13-3-5-15(6-4-13)16(11-18)12-19/h7-10,13H,3-6H2,1-2H3. The lowest BCUT2D eigenvalue weighted by Gasteiger charge is -2.25. The van der Waals surface area contributed by atoms with Crippen LogP contribution in [0.25, 0.3) is 0 Å². The summed E-state index contributed by atoms with van der Waals surface area (Å²) < 4.78 is 0. The summed E-state index contributed by atoms with van der Waals surface area (Å²) in [5.74, 6) is 0.550. The molecule has 2 rings (SSSR count). The molecule has 0 spiro atoms. The van der Waals surface area contributed by atoms with Gasteiger partial charge in [-0.05, 0) is 54.9 Å². The van der Waals surface area contributed by atoms with Crippen LogP contribution in [0.2, 0.25) is 0 Å². The highest BCUT2D eigenvalue weighted by Crippen LogP contribution is 2.36. The maximum Gasteiger partial charge on any atom is 0.128 e. The van der Waals surface area contributed by atoms with Crippen molar-refractivity contribution in [2.75, 3.05) is 19.0 Å². The summed E-state index contributed by atoms with van der Waals surface area (Å²) in [6.45, 7) is 0. The molecule has 0 aromatic heterocycles. The molecule has 20 heavy (non-hydrogen) atoms. The molecule has 102 valence electrons. The molecule has 0 bridgehead atoms. The number of rotatable bonds is 2. The molecule has 0 N–H and O–H groups in total. The highest BCUT2D eigenvalue weighted by Gasteiger charge is 2.20. The van der Waals surface area contributed by atoms with Crippen LogP contribution in [-0.4, -0.2) is 14.1 Å². The number of nitrogens with zero attached hydrogens (tertiary/aromatic N) is 3. The number of hydrogen-bond acceptors (Lipinski definition) is 3. The predicted octanol–water partition coefficient (Wildman–Crippen LogP) is 3.75. The second kappa shape index (κ2) is 6.26. The van der Waals surface area contributed by atoms with Gasteiger partial charge in [0, 0.05) is 19.8 Å². The van der Waals surface area contributed by atoms with Gasteiger partial charge in [0.2, 0.25) is 0 Å². The first kappa shape index (κ1) is 14.2. The smallest absolute Gasteiger partial charge is 0.128 e. The van der Waals surface area contributed by atoms with Gasteiger partial charge in [0.15, 0.2) is 0 Å². The monoisotopic (exact) mass is 265 g/mol. The van der Waals surface area contributed by atoms with E-state index in [-0.39, 0.29) is 0 Å². The Hall–Kier alpha value is -2.26. The van der Waals surface area contributed by atoms with Crippen LogP contribution in [0.5, 0.6) is 0 Å². The molecule has 0 unspecified atom stereocenters. The van der Waals surface area contributed by atoms with Crippen LogP contribution in [0, 0.1) is 22.7 Å². The summed E-state index contributed by atoms with van der Waals surface area (Å²) in [6, 6.07) is 12.7. The van der Waals surface area contributed by atoms with Crippen molar-refractivity contribution in [3.8, 4) is 12.1 Å². The van der Waals surface area contributed by atoms with E-state index in [2.05, 4.69) is 29.2 Å². The van der Waals surface area contributed by atoms with Crippen molar-refractivity contribution in [2.45, 2.75) is 31.6 Å². The number of allylic oxidation sites excluding steroid dienone is 2. The number of anilines is 1. The molecule has 3 heteroatoms. The SMILES string of the molecule is CN(C)c1ccc(C2CCC(=C(C#N)C#N)CC2)cc1. The van der Waals surface area contributed by atoms with Gasteiger partial charge in [-0.15, -0.1) is 0 Å². The molecule has 0 heterocycles. The van der Waals surface area contributed by atoms with Gasteiger partial charge >= 0.3 is 0 Å². The Labute approximate surface area is 120 Å². The van der Waals surface area contributed by atoms with Crippen LogP contribution < -0.4 is 4.90 Å². The van der Waals surface area contributed by atoms with Crippen molar-refractivity contribution < 1.29 is 0 Å². The highest BCUT2D eigenvalue weighted by molar-refractivity contribution is 5.47. The zero-order valence-corrected chi connectivity index (χ0v) is 12.1. The Morgan fingerprint density at radius 1 is 1.05 bits per heavy atom. The fourth-order valence-electron chi connectivity index (χ4n) is 2.78. The van der Waals surface area contributed by atoms with E-state index in [0.29, 0.717) is 11.5 Å². The minimum atomic E-state index is 0.325. The maximum atomic E-state index is 8.91. The fraction of sp³-hybridized carbons (Fsp3) is 0.412. The third-order valence-corrected chi connectivity index (χ3v) is 4.05. The van der Waals surface area contributed by atoms with E-state index < -0.39 is 0 Å². The van der Waals surface area contributed by atoms with E-state index in [0.717, 1.165) is 31.3 Å². The number of benzene rings is 1.